The lowest BCUT2D eigenvalue weighted by atomic mass is 10.0. The number of methoxy groups -OCH3 is 2. The standard InChI is InChI=1S/C21H28N2O5S/c1-6-17(16-12-13-18(27-3)19(14-16)28-4)22-21(24)20(23(2)29(5,25)26)15-10-8-7-9-11-15/h7-14,17,20H,6H2,1-5H3,(H,22,24)/t17-,20+/m0/s1. The molecule has 0 heterocycles. The first-order valence-corrected chi connectivity index (χ1v) is 11.1. The van der Waals surface area contributed by atoms with E-state index in [1.54, 1.807) is 44.6 Å². The van der Waals surface area contributed by atoms with Gasteiger partial charge in [0, 0.05) is 7.05 Å². The number of benzene rings is 2. The van der Waals surface area contributed by atoms with Gasteiger partial charge in [-0.1, -0.05) is 43.3 Å². The second-order valence-electron chi connectivity index (χ2n) is 6.68. The summed E-state index contributed by atoms with van der Waals surface area (Å²) in [6, 6.07) is 13.0. The van der Waals surface area contributed by atoms with Crippen LogP contribution in [0, 0.1) is 0 Å². The zero-order valence-corrected chi connectivity index (χ0v) is 18.2. The maximum Gasteiger partial charge on any atom is 0.243 e. The SMILES string of the molecule is CC[C@H](NC(=O)[C@@H](c1ccccc1)N(C)S(C)(=O)=O)c1ccc(OC)c(OC)c1. The summed E-state index contributed by atoms with van der Waals surface area (Å²) in [5, 5.41) is 2.98. The van der Waals surface area contributed by atoms with Crippen LogP contribution in [0.1, 0.15) is 36.6 Å². The van der Waals surface area contributed by atoms with Gasteiger partial charge in [0.15, 0.2) is 11.5 Å². The summed E-state index contributed by atoms with van der Waals surface area (Å²) in [4.78, 5) is 13.2. The van der Waals surface area contributed by atoms with Gasteiger partial charge in [-0.05, 0) is 29.7 Å². The van der Waals surface area contributed by atoms with E-state index in [1.807, 2.05) is 25.1 Å². The van der Waals surface area contributed by atoms with E-state index in [2.05, 4.69) is 5.32 Å². The number of hydrogen-bond donors (Lipinski definition) is 1. The Balaban J connectivity index is 2.36. The first-order valence-electron chi connectivity index (χ1n) is 9.23. The van der Waals surface area contributed by atoms with Crippen molar-refractivity contribution in [3.05, 3.63) is 59.7 Å². The van der Waals surface area contributed by atoms with Crippen molar-refractivity contribution in [1.82, 2.24) is 9.62 Å². The van der Waals surface area contributed by atoms with Gasteiger partial charge in [0.1, 0.15) is 6.04 Å². The highest BCUT2D eigenvalue weighted by Crippen LogP contribution is 2.31. The Hall–Kier alpha value is -2.58. The molecule has 2 rings (SSSR count). The Bertz CT molecular complexity index is 931. The zero-order chi connectivity index (χ0) is 21.6. The van der Waals surface area contributed by atoms with Crippen molar-refractivity contribution >= 4 is 15.9 Å². The molecular weight excluding hydrogens is 392 g/mol. The molecule has 8 heteroatoms. The van der Waals surface area contributed by atoms with Gasteiger partial charge in [-0.15, -0.1) is 0 Å². The normalized spacial score (nSPS) is 13.6. The van der Waals surface area contributed by atoms with Crippen molar-refractivity contribution < 1.29 is 22.7 Å². The van der Waals surface area contributed by atoms with E-state index in [0.29, 0.717) is 23.5 Å². The Morgan fingerprint density at radius 2 is 1.66 bits per heavy atom. The average Bonchev–Trinajstić information content (AvgIpc) is 2.71. The van der Waals surface area contributed by atoms with E-state index < -0.39 is 22.0 Å². The third-order valence-corrected chi connectivity index (χ3v) is 6.04. The molecule has 2 aromatic carbocycles. The van der Waals surface area contributed by atoms with Crippen LogP contribution >= 0.6 is 0 Å². The molecule has 0 bridgehead atoms. The number of nitrogens with one attached hydrogen (secondary N) is 1. The van der Waals surface area contributed by atoms with Gasteiger partial charge in [-0.2, -0.15) is 4.31 Å². The summed E-state index contributed by atoms with van der Waals surface area (Å²) in [6.07, 6.45) is 1.70. The Labute approximate surface area is 172 Å². The molecule has 1 N–H and O–H groups in total. The number of rotatable bonds is 9. The molecule has 2 aromatic rings. The van der Waals surface area contributed by atoms with Crippen LogP contribution < -0.4 is 14.8 Å². The molecule has 158 valence electrons. The minimum atomic E-state index is -3.59. The van der Waals surface area contributed by atoms with Crippen LogP contribution in [0.3, 0.4) is 0 Å². The molecule has 0 aliphatic heterocycles. The molecule has 0 unspecified atom stereocenters. The molecule has 7 nitrogen and oxygen atoms in total. The predicted molar refractivity (Wildman–Crippen MR) is 113 cm³/mol. The number of carbonyl (C=O) groups is 1. The van der Waals surface area contributed by atoms with Crippen LogP contribution in [0.15, 0.2) is 48.5 Å². The first kappa shape index (κ1) is 22.7. The third kappa shape index (κ3) is 5.48. The number of ether oxygens (including phenoxy) is 2. The average molecular weight is 421 g/mol. The molecule has 0 aliphatic rings. The Morgan fingerprint density at radius 3 is 2.17 bits per heavy atom. The Morgan fingerprint density at radius 1 is 1.03 bits per heavy atom. The molecule has 0 radical (unpaired) electrons. The van der Waals surface area contributed by atoms with Gasteiger partial charge in [0.05, 0.1) is 26.5 Å². The van der Waals surface area contributed by atoms with Crippen LogP contribution in [0.4, 0.5) is 0 Å². The topological polar surface area (TPSA) is 84.9 Å². The number of hydrogen-bond acceptors (Lipinski definition) is 5. The van der Waals surface area contributed by atoms with Gasteiger partial charge in [-0.3, -0.25) is 4.79 Å². The molecule has 29 heavy (non-hydrogen) atoms. The van der Waals surface area contributed by atoms with E-state index in [4.69, 9.17) is 9.47 Å². The summed E-state index contributed by atoms with van der Waals surface area (Å²) in [5.41, 5.74) is 1.44. The van der Waals surface area contributed by atoms with Crippen LogP contribution in [0.25, 0.3) is 0 Å². The minimum Gasteiger partial charge on any atom is -0.493 e. The number of likely N-dealkylation sites (N-methyl/N-ethyl adjacent to an activating group) is 1. The molecule has 0 saturated carbocycles. The fraction of sp³-hybridized carbons (Fsp3) is 0.381. The number of carbonyl (C=O) groups excluding carboxylic acids is 1. The number of nitrogens with zero attached hydrogens (tertiary/aromatic N) is 1. The largest absolute Gasteiger partial charge is 0.493 e. The van der Waals surface area contributed by atoms with Gasteiger partial charge >= 0.3 is 0 Å². The van der Waals surface area contributed by atoms with Crippen LogP contribution in [-0.4, -0.2) is 46.2 Å². The highest BCUT2D eigenvalue weighted by Gasteiger charge is 2.32. The van der Waals surface area contributed by atoms with Crippen molar-refractivity contribution in [1.29, 1.82) is 0 Å². The molecule has 0 aromatic heterocycles. The minimum absolute atomic E-state index is 0.318. The van der Waals surface area contributed by atoms with Crippen molar-refractivity contribution in [2.24, 2.45) is 0 Å². The summed E-state index contributed by atoms with van der Waals surface area (Å²) >= 11 is 0. The molecule has 0 spiro atoms. The fourth-order valence-electron chi connectivity index (χ4n) is 3.09. The lowest BCUT2D eigenvalue weighted by molar-refractivity contribution is -0.125. The summed E-state index contributed by atoms with van der Waals surface area (Å²) < 4.78 is 36.0. The van der Waals surface area contributed by atoms with E-state index >= 15 is 0 Å². The lowest BCUT2D eigenvalue weighted by Gasteiger charge is -2.28. The molecule has 2 atom stereocenters. The molecule has 0 saturated heterocycles. The van der Waals surface area contributed by atoms with Gasteiger partial charge in [-0.25, -0.2) is 8.42 Å². The number of amides is 1. The van der Waals surface area contributed by atoms with Gasteiger partial charge in [0.25, 0.3) is 0 Å². The van der Waals surface area contributed by atoms with Gasteiger partial charge in [0.2, 0.25) is 15.9 Å². The third-order valence-electron chi connectivity index (χ3n) is 4.79. The quantitative estimate of drug-likeness (QED) is 0.674. The summed E-state index contributed by atoms with van der Waals surface area (Å²) in [6.45, 7) is 1.94. The Kier molecular flexibility index (Phi) is 7.64. The summed E-state index contributed by atoms with van der Waals surface area (Å²) in [5.74, 6) is 0.757. The summed E-state index contributed by atoms with van der Waals surface area (Å²) in [7, 11) is 0.928. The maximum atomic E-state index is 13.2. The smallest absolute Gasteiger partial charge is 0.243 e. The predicted octanol–water partition coefficient (Wildman–Crippen LogP) is 2.90. The fourth-order valence-corrected chi connectivity index (χ4v) is 3.69. The van der Waals surface area contributed by atoms with Crippen molar-refractivity contribution in [2.75, 3.05) is 27.5 Å². The number of sulfonamides is 1. The second-order valence-corrected chi connectivity index (χ2v) is 8.72. The van der Waals surface area contributed by atoms with Crippen LogP contribution in [-0.2, 0) is 14.8 Å². The zero-order valence-electron chi connectivity index (χ0n) is 17.4. The lowest BCUT2D eigenvalue weighted by Crippen LogP contribution is -2.42. The molecule has 1 amide bonds. The van der Waals surface area contributed by atoms with E-state index in [0.717, 1.165) is 16.1 Å². The van der Waals surface area contributed by atoms with E-state index in [-0.39, 0.29) is 6.04 Å². The van der Waals surface area contributed by atoms with Crippen molar-refractivity contribution in [3.63, 3.8) is 0 Å². The van der Waals surface area contributed by atoms with Crippen molar-refractivity contribution in [2.45, 2.75) is 25.4 Å². The molecule has 0 aliphatic carbocycles. The maximum absolute atomic E-state index is 13.2. The highest BCUT2D eigenvalue weighted by atomic mass is 32.2. The second kappa shape index (κ2) is 9.76. The first-order chi connectivity index (χ1) is 13.7. The monoisotopic (exact) mass is 420 g/mol. The van der Waals surface area contributed by atoms with Crippen LogP contribution in [0.2, 0.25) is 0 Å². The van der Waals surface area contributed by atoms with Gasteiger partial charge < -0.3 is 14.8 Å². The molecule has 0 fully saturated rings. The van der Waals surface area contributed by atoms with Crippen LogP contribution in [0.5, 0.6) is 11.5 Å². The van der Waals surface area contributed by atoms with E-state index in [9.17, 15) is 13.2 Å². The van der Waals surface area contributed by atoms with E-state index in [1.165, 1.54) is 7.05 Å². The van der Waals surface area contributed by atoms with Crippen molar-refractivity contribution in [3.8, 4) is 11.5 Å². The molecular formula is C21H28N2O5S. The highest BCUT2D eigenvalue weighted by molar-refractivity contribution is 7.88.